The van der Waals surface area contributed by atoms with Gasteiger partial charge in [0.2, 0.25) is 11.8 Å². The Morgan fingerprint density at radius 3 is 2.49 bits per heavy atom. The Balaban J connectivity index is 1.62. The molecule has 0 aliphatic carbocycles. The van der Waals surface area contributed by atoms with Gasteiger partial charge in [-0.25, -0.2) is 4.39 Å². The number of benzene rings is 2. The summed E-state index contributed by atoms with van der Waals surface area (Å²) in [5, 5.41) is 9.90. The van der Waals surface area contributed by atoms with Crippen LogP contribution in [0.25, 0.3) is 0 Å². The maximum absolute atomic E-state index is 15.5. The number of amides is 2. The second-order valence-corrected chi connectivity index (χ2v) is 12.7. The Labute approximate surface area is 241 Å². The molecule has 0 aromatic heterocycles. The highest BCUT2D eigenvalue weighted by Crippen LogP contribution is 2.43. The van der Waals surface area contributed by atoms with Gasteiger partial charge in [-0.3, -0.25) is 9.59 Å². The maximum Gasteiger partial charge on any atom is 0.237 e. The van der Waals surface area contributed by atoms with Crippen LogP contribution in [0, 0.1) is 17.2 Å². The van der Waals surface area contributed by atoms with E-state index < -0.39 is 23.7 Å². The third-order valence-corrected chi connectivity index (χ3v) is 8.10. The standard InChI is InChI=1S/C30H39Cl2FN4O2/c1-30(2,3)18-23-25(28(38)35-20-10-6-9-19(31)17-20)24(21-11-7-12-22(32)26(21)33)27(36-23)29(39)34-13-8-16-37-14-4-5-15-37/h6-7,9-12,17,23-25,27,36H,4-5,8,13-16,18H2,1-3H3,(H,34,39)(H,35,38)/t23-,24-,25+,27-/m1/s1. The lowest BCUT2D eigenvalue weighted by Crippen LogP contribution is -2.46. The lowest BCUT2D eigenvalue weighted by molar-refractivity contribution is -0.123. The molecule has 2 aromatic carbocycles. The first-order valence-electron chi connectivity index (χ1n) is 13.8. The topological polar surface area (TPSA) is 73.5 Å². The summed E-state index contributed by atoms with van der Waals surface area (Å²) in [5.41, 5.74) is 0.655. The zero-order valence-electron chi connectivity index (χ0n) is 22.9. The number of rotatable bonds is 9. The molecule has 0 saturated carbocycles. The molecule has 0 unspecified atom stereocenters. The summed E-state index contributed by atoms with van der Waals surface area (Å²) < 4.78 is 15.5. The van der Waals surface area contributed by atoms with Gasteiger partial charge in [0, 0.05) is 29.2 Å². The highest BCUT2D eigenvalue weighted by Gasteiger charge is 2.51. The van der Waals surface area contributed by atoms with Crippen molar-refractivity contribution < 1.29 is 14.0 Å². The lowest BCUT2D eigenvalue weighted by atomic mass is 9.76. The molecule has 2 aromatic rings. The molecule has 9 heteroatoms. The number of nitrogens with one attached hydrogen (secondary N) is 3. The zero-order valence-corrected chi connectivity index (χ0v) is 24.4. The van der Waals surface area contributed by atoms with Crippen molar-refractivity contribution in [2.45, 2.75) is 64.5 Å². The normalized spacial score (nSPS) is 23.6. The van der Waals surface area contributed by atoms with Crippen LogP contribution in [0.2, 0.25) is 10.0 Å². The smallest absolute Gasteiger partial charge is 0.237 e. The van der Waals surface area contributed by atoms with Crippen molar-refractivity contribution in [3.63, 3.8) is 0 Å². The summed E-state index contributed by atoms with van der Waals surface area (Å²) >= 11 is 12.3. The minimum atomic E-state index is -0.799. The summed E-state index contributed by atoms with van der Waals surface area (Å²) in [4.78, 5) is 29.9. The number of hydrogen-bond donors (Lipinski definition) is 3. The van der Waals surface area contributed by atoms with E-state index in [2.05, 4.69) is 41.6 Å². The highest BCUT2D eigenvalue weighted by molar-refractivity contribution is 6.31. The predicted molar refractivity (Wildman–Crippen MR) is 156 cm³/mol. The molecule has 0 bridgehead atoms. The van der Waals surface area contributed by atoms with Gasteiger partial charge in [-0.2, -0.15) is 0 Å². The van der Waals surface area contributed by atoms with Crippen molar-refractivity contribution in [3.05, 3.63) is 63.9 Å². The second kappa shape index (κ2) is 13.0. The monoisotopic (exact) mass is 576 g/mol. The SMILES string of the molecule is CC(C)(C)C[C@H]1N[C@@H](C(=O)NCCCN2CCCC2)[C@H](c2cccc(Cl)c2F)[C@H]1C(=O)Nc1cccc(Cl)c1. The van der Waals surface area contributed by atoms with Crippen LogP contribution in [0.4, 0.5) is 10.1 Å². The Hall–Kier alpha value is -2.19. The van der Waals surface area contributed by atoms with E-state index in [1.165, 1.54) is 18.9 Å². The second-order valence-electron chi connectivity index (χ2n) is 11.9. The summed E-state index contributed by atoms with van der Waals surface area (Å²) in [7, 11) is 0. The van der Waals surface area contributed by atoms with E-state index in [1.807, 2.05) is 0 Å². The zero-order chi connectivity index (χ0) is 28.2. The molecule has 2 aliphatic rings. The number of anilines is 1. The molecule has 2 fully saturated rings. The van der Waals surface area contributed by atoms with Gasteiger partial charge in [-0.1, -0.05) is 62.2 Å². The van der Waals surface area contributed by atoms with Crippen LogP contribution in [0.1, 0.15) is 57.9 Å². The average molecular weight is 578 g/mol. The fourth-order valence-electron chi connectivity index (χ4n) is 5.90. The molecule has 6 nitrogen and oxygen atoms in total. The van der Waals surface area contributed by atoms with Gasteiger partial charge in [0.25, 0.3) is 0 Å². The third-order valence-electron chi connectivity index (χ3n) is 7.57. The molecule has 2 heterocycles. The van der Waals surface area contributed by atoms with Gasteiger partial charge < -0.3 is 20.9 Å². The summed E-state index contributed by atoms with van der Waals surface area (Å²) in [6.45, 7) is 9.91. The van der Waals surface area contributed by atoms with E-state index >= 15 is 4.39 Å². The van der Waals surface area contributed by atoms with E-state index in [-0.39, 0.29) is 33.9 Å². The number of nitrogens with zero attached hydrogens (tertiary/aromatic N) is 1. The maximum atomic E-state index is 15.5. The molecular formula is C30H39Cl2FN4O2. The Bertz CT molecular complexity index is 1170. The molecule has 0 radical (unpaired) electrons. The molecule has 2 saturated heterocycles. The van der Waals surface area contributed by atoms with Crippen molar-refractivity contribution >= 4 is 40.7 Å². The van der Waals surface area contributed by atoms with Gasteiger partial charge >= 0.3 is 0 Å². The van der Waals surface area contributed by atoms with Gasteiger partial charge in [0.15, 0.2) is 0 Å². The van der Waals surface area contributed by atoms with Crippen molar-refractivity contribution in [2.75, 3.05) is 31.5 Å². The van der Waals surface area contributed by atoms with E-state index in [4.69, 9.17) is 23.2 Å². The Morgan fingerprint density at radius 2 is 1.79 bits per heavy atom. The number of carbonyl (C=O) groups excluding carboxylic acids is 2. The molecule has 2 amide bonds. The fraction of sp³-hybridized carbons (Fsp3) is 0.533. The number of hydrogen-bond acceptors (Lipinski definition) is 4. The molecule has 0 spiro atoms. The van der Waals surface area contributed by atoms with E-state index in [1.54, 1.807) is 36.4 Å². The van der Waals surface area contributed by atoms with Crippen LogP contribution >= 0.6 is 23.2 Å². The van der Waals surface area contributed by atoms with Gasteiger partial charge in [-0.15, -0.1) is 0 Å². The molecular weight excluding hydrogens is 538 g/mol. The van der Waals surface area contributed by atoms with Gasteiger partial charge in [0.1, 0.15) is 5.82 Å². The van der Waals surface area contributed by atoms with Crippen molar-refractivity contribution in [2.24, 2.45) is 11.3 Å². The van der Waals surface area contributed by atoms with E-state index in [9.17, 15) is 9.59 Å². The van der Waals surface area contributed by atoms with Crippen LogP contribution < -0.4 is 16.0 Å². The van der Waals surface area contributed by atoms with Crippen LogP contribution in [0.3, 0.4) is 0 Å². The summed E-state index contributed by atoms with van der Waals surface area (Å²) in [6, 6.07) is 10.5. The van der Waals surface area contributed by atoms with Crippen LogP contribution in [0.5, 0.6) is 0 Å². The van der Waals surface area contributed by atoms with Gasteiger partial charge in [0.05, 0.1) is 17.0 Å². The van der Waals surface area contributed by atoms with Crippen molar-refractivity contribution in [1.82, 2.24) is 15.5 Å². The summed E-state index contributed by atoms with van der Waals surface area (Å²) in [6.07, 6.45) is 3.88. The molecule has 2 aliphatic heterocycles. The molecule has 3 N–H and O–H groups in total. The van der Waals surface area contributed by atoms with Crippen molar-refractivity contribution in [3.8, 4) is 0 Å². The fourth-order valence-corrected chi connectivity index (χ4v) is 6.27. The number of carbonyl (C=O) groups is 2. The van der Waals surface area contributed by atoms with Crippen molar-refractivity contribution in [1.29, 1.82) is 0 Å². The molecule has 212 valence electrons. The van der Waals surface area contributed by atoms with Crippen LogP contribution in [-0.4, -0.2) is 55.0 Å². The minimum Gasteiger partial charge on any atom is -0.355 e. The first-order chi connectivity index (χ1) is 18.5. The number of halogens is 3. The lowest BCUT2D eigenvalue weighted by Gasteiger charge is -2.29. The van der Waals surface area contributed by atoms with E-state index in [0.29, 0.717) is 23.7 Å². The number of likely N-dealkylation sites (tertiary alicyclic amines) is 1. The highest BCUT2D eigenvalue weighted by atomic mass is 35.5. The van der Waals surface area contributed by atoms with E-state index in [0.717, 1.165) is 26.1 Å². The Morgan fingerprint density at radius 1 is 1.08 bits per heavy atom. The first kappa shape index (κ1) is 29.8. The third kappa shape index (κ3) is 7.72. The largest absolute Gasteiger partial charge is 0.355 e. The quantitative estimate of drug-likeness (QED) is 0.327. The van der Waals surface area contributed by atoms with Crippen LogP contribution in [-0.2, 0) is 9.59 Å². The van der Waals surface area contributed by atoms with Crippen LogP contribution in [0.15, 0.2) is 42.5 Å². The molecule has 4 rings (SSSR count). The Kier molecular flexibility index (Phi) is 9.92. The predicted octanol–water partition coefficient (Wildman–Crippen LogP) is 5.85. The summed E-state index contributed by atoms with van der Waals surface area (Å²) in [5.74, 6) is -2.62. The minimum absolute atomic E-state index is 0.0365. The van der Waals surface area contributed by atoms with Gasteiger partial charge in [-0.05, 0) is 80.6 Å². The average Bonchev–Trinajstić information content (AvgIpc) is 3.50. The molecule has 4 atom stereocenters. The molecule has 39 heavy (non-hydrogen) atoms. The first-order valence-corrected chi connectivity index (χ1v) is 14.6.